The molecule has 0 atom stereocenters. The Bertz CT molecular complexity index is 847. The Morgan fingerprint density at radius 1 is 1.04 bits per heavy atom. The molecule has 0 aliphatic rings. The van der Waals surface area contributed by atoms with Crippen LogP contribution in [0.3, 0.4) is 0 Å². The molecule has 25 heavy (non-hydrogen) atoms. The number of sulfonamides is 2. The number of amides is 1. The second kappa shape index (κ2) is 8.23. The van der Waals surface area contributed by atoms with Crippen molar-refractivity contribution in [1.82, 2.24) is 25.1 Å². The first-order valence-electron chi connectivity index (χ1n) is 6.38. The molecule has 0 bridgehead atoms. The van der Waals surface area contributed by atoms with Crippen LogP contribution in [-0.4, -0.2) is 42.4 Å². The van der Waals surface area contributed by atoms with E-state index in [0.717, 1.165) is 12.5 Å². The van der Waals surface area contributed by atoms with E-state index in [4.69, 9.17) is 4.74 Å². The molecule has 1 rings (SSSR count). The van der Waals surface area contributed by atoms with Crippen molar-refractivity contribution in [1.29, 1.82) is 0 Å². The highest BCUT2D eigenvalue weighted by Crippen LogP contribution is 2.29. The van der Waals surface area contributed by atoms with Gasteiger partial charge in [0, 0.05) is 5.56 Å². The SMILES string of the molecule is COc1cccc(C(=O)NP(=O)(NNS(C)(=O)=O)NNS(C)(=O)=O)c1. The molecule has 15 heteroatoms. The number of carbonyl (C=O) groups excluding carboxylic acids is 1. The molecule has 1 amide bonds. The molecule has 5 N–H and O–H groups in total. The predicted molar refractivity (Wildman–Crippen MR) is 90.3 cm³/mol. The van der Waals surface area contributed by atoms with Crippen molar-refractivity contribution in [3.8, 4) is 5.75 Å². The highest BCUT2D eigenvalue weighted by Gasteiger charge is 2.27. The molecule has 0 radical (unpaired) electrons. The number of methoxy groups -OCH3 is 1. The lowest BCUT2D eigenvalue weighted by molar-refractivity contribution is 0.0978. The molecule has 0 spiro atoms. The summed E-state index contributed by atoms with van der Waals surface area (Å²) in [6.07, 6.45) is 1.52. The van der Waals surface area contributed by atoms with Gasteiger partial charge in [0.2, 0.25) is 20.0 Å². The third-order valence-corrected chi connectivity index (χ3v) is 4.99. The summed E-state index contributed by atoms with van der Waals surface area (Å²) < 4.78 is 62.1. The van der Waals surface area contributed by atoms with E-state index in [9.17, 15) is 26.2 Å². The Morgan fingerprint density at radius 3 is 2.00 bits per heavy atom. The summed E-state index contributed by atoms with van der Waals surface area (Å²) >= 11 is 0. The van der Waals surface area contributed by atoms with Crippen LogP contribution >= 0.6 is 7.59 Å². The van der Waals surface area contributed by atoms with Crippen LogP contribution in [0.15, 0.2) is 24.3 Å². The fourth-order valence-electron chi connectivity index (χ4n) is 1.35. The van der Waals surface area contributed by atoms with E-state index < -0.39 is 33.5 Å². The molecular weight excluding hydrogens is 397 g/mol. The summed E-state index contributed by atoms with van der Waals surface area (Å²) in [4.78, 5) is 15.6. The first kappa shape index (κ1) is 21.5. The average molecular weight is 415 g/mol. The number of carbonyl (C=O) groups is 1. The molecule has 0 fully saturated rings. The van der Waals surface area contributed by atoms with Gasteiger partial charge in [0.25, 0.3) is 5.91 Å². The van der Waals surface area contributed by atoms with Crippen molar-refractivity contribution in [3.05, 3.63) is 29.8 Å². The molecule has 0 aliphatic carbocycles. The molecule has 0 aromatic heterocycles. The summed E-state index contributed by atoms with van der Waals surface area (Å²) in [7, 11) is -10.6. The van der Waals surface area contributed by atoms with E-state index >= 15 is 0 Å². The molecular formula is C10H18N5O7PS2. The molecule has 0 unspecified atom stereocenters. The minimum absolute atomic E-state index is 0.0434. The number of ether oxygens (including phenoxy) is 1. The minimum atomic E-state index is -4.28. The molecule has 0 aliphatic heterocycles. The van der Waals surface area contributed by atoms with Gasteiger partial charge in [-0.3, -0.25) is 14.4 Å². The molecule has 142 valence electrons. The van der Waals surface area contributed by atoms with Gasteiger partial charge in [0.15, 0.2) is 0 Å². The van der Waals surface area contributed by atoms with E-state index in [1.54, 1.807) is 15.7 Å². The quantitative estimate of drug-likeness (QED) is 0.241. The summed E-state index contributed by atoms with van der Waals surface area (Å²) in [5.74, 6) is -0.528. The van der Waals surface area contributed by atoms with Gasteiger partial charge < -0.3 is 4.74 Å². The maximum Gasteiger partial charge on any atom is 0.333 e. The van der Waals surface area contributed by atoms with Crippen molar-refractivity contribution in [3.63, 3.8) is 0 Å². The van der Waals surface area contributed by atoms with Crippen molar-refractivity contribution >= 4 is 33.5 Å². The van der Waals surface area contributed by atoms with Gasteiger partial charge >= 0.3 is 7.59 Å². The van der Waals surface area contributed by atoms with Gasteiger partial charge in [-0.2, -0.15) is 10.4 Å². The smallest absolute Gasteiger partial charge is 0.333 e. The second-order valence-corrected chi connectivity index (χ2v) is 10.1. The molecule has 0 saturated heterocycles. The molecule has 0 heterocycles. The van der Waals surface area contributed by atoms with Crippen LogP contribution in [0.5, 0.6) is 5.75 Å². The van der Waals surface area contributed by atoms with E-state index in [0.29, 0.717) is 5.75 Å². The van der Waals surface area contributed by atoms with Crippen LogP contribution < -0.4 is 29.9 Å². The van der Waals surface area contributed by atoms with E-state index in [1.165, 1.54) is 25.3 Å². The first-order valence-corrected chi connectivity index (χ1v) is 11.9. The first-order chi connectivity index (χ1) is 11.3. The Labute approximate surface area is 145 Å². The largest absolute Gasteiger partial charge is 0.497 e. The number of hydrogen-bond donors (Lipinski definition) is 5. The van der Waals surface area contributed by atoms with Gasteiger partial charge in [-0.15, -0.1) is 9.66 Å². The van der Waals surface area contributed by atoms with Gasteiger partial charge in [0.1, 0.15) is 5.75 Å². The second-order valence-electron chi connectivity index (χ2n) is 4.75. The lowest BCUT2D eigenvalue weighted by Crippen LogP contribution is -2.48. The normalized spacial score (nSPS) is 12.6. The van der Waals surface area contributed by atoms with Gasteiger partial charge in [-0.25, -0.2) is 16.8 Å². The monoisotopic (exact) mass is 415 g/mol. The fourth-order valence-corrected chi connectivity index (χ4v) is 4.29. The maximum absolute atomic E-state index is 12.6. The third-order valence-electron chi connectivity index (χ3n) is 2.37. The molecule has 0 saturated carbocycles. The highest BCUT2D eigenvalue weighted by molar-refractivity contribution is 7.89. The zero-order valence-corrected chi connectivity index (χ0v) is 16.0. The van der Waals surface area contributed by atoms with Gasteiger partial charge in [0.05, 0.1) is 19.6 Å². The topological polar surface area (TPSA) is 172 Å². The van der Waals surface area contributed by atoms with E-state index in [-0.39, 0.29) is 5.56 Å². The van der Waals surface area contributed by atoms with Gasteiger partial charge in [-0.1, -0.05) is 6.07 Å². The minimum Gasteiger partial charge on any atom is -0.497 e. The number of hydrazine groups is 2. The van der Waals surface area contributed by atoms with E-state index in [2.05, 4.69) is 0 Å². The van der Waals surface area contributed by atoms with Crippen LogP contribution in [0.4, 0.5) is 0 Å². The fraction of sp³-hybridized carbons (Fsp3) is 0.300. The zero-order valence-electron chi connectivity index (χ0n) is 13.4. The number of hydrogen-bond acceptors (Lipinski definition) is 7. The number of rotatable bonds is 9. The van der Waals surface area contributed by atoms with Crippen LogP contribution in [0, 0.1) is 0 Å². The highest BCUT2D eigenvalue weighted by atomic mass is 32.2. The third kappa shape index (κ3) is 8.40. The van der Waals surface area contributed by atoms with Crippen LogP contribution in [-0.2, 0) is 24.6 Å². The van der Waals surface area contributed by atoms with Crippen molar-refractivity contribution in [2.45, 2.75) is 0 Å². The van der Waals surface area contributed by atoms with Crippen molar-refractivity contribution in [2.24, 2.45) is 0 Å². The van der Waals surface area contributed by atoms with Crippen LogP contribution in [0.25, 0.3) is 0 Å². The lowest BCUT2D eigenvalue weighted by atomic mass is 10.2. The van der Waals surface area contributed by atoms with Gasteiger partial charge in [-0.05, 0) is 18.2 Å². The summed E-state index contributed by atoms with van der Waals surface area (Å²) in [5, 5.41) is 5.70. The average Bonchev–Trinajstić information content (AvgIpc) is 2.50. The number of benzene rings is 1. The molecule has 1 aromatic rings. The summed E-state index contributed by atoms with van der Waals surface area (Å²) in [6, 6.07) is 5.80. The Balaban J connectivity index is 3.01. The van der Waals surface area contributed by atoms with Crippen molar-refractivity contribution < 1.29 is 30.9 Å². The predicted octanol–water partition coefficient (Wildman–Crippen LogP) is -1.36. The maximum atomic E-state index is 12.6. The molecule has 12 nitrogen and oxygen atoms in total. The summed E-state index contributed by atoms with van der Waals surface area (Å²) in [5.41, 5.74) is 0.0434. The van der Waals surface area contributed by atoms with Crippen molar-refractivity contribution in [2.75, 3.05) is 19.6 Å². The van der Waals surface area contributed by atoms with E-state index in [1.807, 2.05) is 15.5 Å². The zero-order chi connectivity index (χ0) is 19.3. The van der Waals surface area contributed by atoms with Crippen LogP contribution in [0.1, 0.15) is 10.4 Å². The van der Waals surface area contributed by atoms with Crippen LogP contribution in [0.2, 0.25) is 0 Å². The Morgan fingerprint density at radius 2 is 1.56 bits per heavy atom. The standard InChI is InChI=1S/C10H18N5O7PS2/c1-22-9-6-4-5-8(7-9)10(16)11-23(17,12-14-24(2,18)19)13-15-25(3,20)21/h4-7,14-15H,1-3H3,(H3,11,12,13,16,17). The lowest BCUT2D eigenvalue weighted by Gasteiger charge is -2.21. The summed E-state index contributed by atoms with van der Waals surface area (Å²) in [6.45, 7) is 0. The number of nitrogens with one attached hydrogen (secondary N) is 5. The molecule has 1 aromatic carbocycles. The Kier molecular flexibility index (Phi) is 7.08. The Hall–Kier alpha value is -1.54.